The van der Waals surface area contributed by atoms with Crippen LogP contribution in [-0.4, -0.2) is 35.1 Å². The van der Waals surface area contributed by atoms with Crippen LogP contribution in [0.3, 0.4) is 0 Å². The number of nitrogens with zero attached hydrogens (tertiary/aromatic N) is 1. The summed E-state index contributed by atoms with van der Waals surface area (Å²) in [7, 11) is 0. The van der Waals surface area contributed by atoms with Crippen molar-refractivity contribution in [2.45, 2.75) is 44.3 Å². The van der Waals surface area contributed by atoms with E-state index in [0.29, 0.717) is 53.6 Å². The molecule has 2 aliphatic rings. The highest BCUT2D eigenvalue weighted by molar-refractivity contribution is 5.95. The van der Waals surface area contributed by atoms with E-state index in [9.17, 15) is 18.0 Å². The number of carbonyl (C=O) groups is 1. The van der Waals surface area contributed by atoms with Crippen molar-refractivity contribution < 1.29 is 27.4 Å². The molecule has 1 aliphatic heterocycles. The van der Waals surface area contributed by atoms with Crippen LogP contribution >= 0.6 is 0 Å². The molecule has 0 bridgehead atoms. The fourth-order valence-corrected chi connectivity index (χ4v) is 4.67. The third kappa shape index (κ3) is 4.77. The third-order valence-corrected chi connectivity index (χ3v) is 6.26. The number of benzene rings is 2. The quantitative estimate of drug-likeness (QED) is 0.583. The first-order valence-corrected chi connectivity index (χ1v) is 11.1. The summed E-state index contributed by atoms with van der Waals surface area (Å²) < 4.78 is 50.0. The number of imidazole rings is 1. The lowest BCUT2D eigenvalue weighted by molar-refractivity contribution is -0.137. The van der Waals surface area contributed by atoms with Crippen LogP contribution in [0.25, 0.3) is 11.0 Å². The smallest absolute Gasteiger partial charge is 0.416 e. The van der Waals surface area contributed by atoms with Crippen molar-refractivity contribution in [2.75, 3.05) is 13.2 Å². The summed E-state index contributed by atoms with van der Waals surface area (Å²) in [4.78, 5) is 20.3. The molecule has 2 atom stereocenters. The maximum absolute atomic E-state index is 13.0. The minimum Gasteiger partial charge on any atom is -0.486 e. The topological polar surface area (TPSA) is 76.2 Å². The minimum atomic E-state index is -4.38. The summed E-state index contributed by atoms with van der Waals surface area (Å²) in [6, 6.07) is 8.76. The zero-order chi connectivity index (χ0) is 23.0. The molecule has 174 valence electrons. The van der Waals surface area contributed by atoms with Crippen molar-refractivity contribution in [1.82, 2.24) is 15.3 Å². The van der Waals surface area contributed by atoms with Gasteiger partial charge in [0, 0.05) is 18.0 Å². The fourth-order valence-electron chi connectivity index (χ4n) is 4.67. The number of nitrogens with one attached hydrogen (secondary N) is 2. The van der Waals surface area contributed by atoms with Gasteiger partial charge in [0.15, 0.2) is 11.5 Å². The molecule has 1 saturated carbocycles. The van der Waals surface area contributed by atoms with Crippen LogP contribution in [0.2, 0.25) is 0 Å². The second-order valence-corrected chi connectivity index (χ2v) is 8.68. The SMILES string of the molecule is O=C(NC1CCCC(Cc2nc3ccc(C(F)(F)F)cc3[nH]2)C1)c1ccc2c(c1)OCCO2. The van der Waals surface area contributed by atoms with E-state index in [4.69, 9.17) is 9.47 Å². The molecule has 1 amide bonds. The third-order valence-electron chi connectivity index (χ3n) is 6.26. The van der Waals surface area contributed by atoms with Crippen LogP contribution in [0.15, 0.2) is 36.4 Å². The number of aromatic nitrogens is 2. The Morgan fingerprint density at radius 3 is 2.73 bits per heavy atom. The lowest BCUT2D eigenvalue weighted by Crippen LogP contribution is -2.38. The highest BCUT2D eigenvalue weighted by Crippen LogP contribution is 2.33. The van der Waals surface area contributed by atoms with E-state index >= 15 is 0 Å². The number of halogens is 3. The standard InChI is InChI=1S/C24H24F3N3O3/c25-24(26,27)16-5-6-18-19(13-16)30-22(29-18)11-14-2-1-3-17(10-14)28-23(31)15-4-7-20-21(12-15)33-9-8-32-20/h4-7,12-14,17H,1-3,8-11H2,(H,28,31)(H,29,30). The zero-order valence-electron chi connectivity index (χ0n) is 17.9. The molecule has 1 aromatic heterocycles. The average molecular weight is 459 g/mol. The molecule has 0 spiro atoms. The summed E-state index contributed by atoms with van der Waals surface area (Å²) in [6.45, 7) is 0.957. The molecule has 9 heteroatoms. The van der Waals surface area contributed by atoms with Gasteiger partial charge < -0.3 is 19.8 Å². The first kappa shape index (κ1) is 21.6. The predicted molar refractivity (Wildman–Crippen MR) is 115 cm³/mol. The molecule has 5 rings (SSSR count). The van der Waals surface area contributed by atoms with Gasteiger partial charge in [0.1, 0.15) is 19.0 Å². The number of rotatable bonds is 4. The Hall–Kier alpha value is -3.23. The second-order valence-electron chi connectivity index (χ2n) is 8.68. The number of ether oxygens (including phenoxy) is 2. The van der Waals surface area contributed by atoms with E-state index < -0.39 is 11.7 Å². The van der Waals surface area contributed by atoms with Gasteiger partial charge in [0.05, 0.1) is 16.6 Å². The van der Waals surface area contributed by atoms with E-state index in [1.165, 1.54) is 6.07 Å². The van der Waals surface area contributed by atoms with E-state index in [1.54, 1.807) is 18.2 Å². The van der Waals surface area contributed by atoms with E-state index in [1.807, 2.05) is 0 Å². The van der Waals surface area contributed by atoms with Gasteiger partial charge >= 0.3 is 6.18 Å². The van der Waals surface area contributed by atoms with Gasteiger partial charge in [0.25, 0.3) is 5.91 Å². The number of hydrogen-bond acceptors (Lipinski definition) is 4. The zero-order valence-corrected chi connectivity index (χ0v) is 17.9. The van der Waals surface area contributed by atoms with Crippen LogP contribution in [-0.2, 0) is 12.6 Å². The Morgan fingerprint density at radius 2 is 1.91 bits per heavy atom. The number of H-pyrrole nitrogens is 1. The van der Waals surface area contributed by atoms with Crippen molar-refractivity contribution in [3.05, 3.63) is 53.3 Å². The predicted octanol–water partition coefficient (Wildman–Crippen LogP) is 4.88. The fraction of sp³-hybridized carbons (Fsp3) is 0.417. The van der Waals surface area contributed by atoms with E-state index in [2.05, 4.69) is 15.3 Å². The van der Waals surface area contributed by atoms with Gasteiger partial charge in [-0.1, -0.05) is 6.42 Å². The number of hydrogen-bond donors (Lipinski definition) is 2. The van der Waals surface area contributed by atoms with Crippen molar-refractivity contribution in [3.8, 4) is 11.5 Å². The monoisotopic (exact) mass is 459 g/mol. The summed E-state index contributed by atoms with van der Waals surface area (Å²) in [5.41, 5.74) is 0.750. The Morgan fingerprint density at radius 1 is 1.09 bits per heavy atom. The van der Waals surface area contributed by atoms with Gasteiger partial charge in [-0.05, 0) is 61.6 Å². The molecule has 1 fully saturated rings. The summed E-state index contributed by atoms with van der Waals surface area (Å²) in [6.07, 6.45) is -0.114. The number of amides is 1. The molecular weight excluding hydrogens is 435 g/mol. The molecule has 0 saturated heterocycles. The largest absolute Gasteiger partial charge is 0.486 e. The van der Waals surface area contributed by atoms with Gasteiger partial charge in [-0.2, -0.15) is 13.2 Å². The molecule has 1 aliphatic carbocycles. The Kier molecular flexibility index (Phi) is 5.64. The summed E-state index contributed by atoms with van der Waals surface area (Å²) >= 11 is 0. The molecule has 2 unspecified atom stereocenters. The van der Waals surface area contributed by atoms with Crippen LogP contribution < -0.4 is 14.8 Å². The average Bonchev–Trinajstić information content (AvgIpc) is 3.20. The van der Waals surface area contributed by atoms with Crippen molar-refractivity contribution in [3.63, 3.8) is 0 Å². The molecule has 2 N–H and O–H groups in total. The molecule has 33 heavy (non-hydrogen) atoms. The highest BCUT2D eigenvalue weighted by Gasteiger charge is 2.31. The molecule has 2 aromatic carbocycles. The lowest BCUT2D eigenvalue weighted by Gasteiger charge is -2.29. The maximum atomic E-state index is 13.0. The van der Waals surface area contributed by atoms with Gasteiger partial charge in [-0.3, -0.25) is 4.79 Å². The molecule has 6 nitrogen and oxygen atoms in total. The number of alkyl halides is 3. The van der Waals surface area contributed by atoms with Crippen LogP contribution in [0.1, 0.15) is 47.4 Å². The number of carbonyl (C=O) groups excluding carboxylic acids is 1. The maximum Gasteiger partial charge on any atom is 0.416 e. The molecule has 2 heterocycles. The van der Waals surface area contributed by atoms with Crippen LogP contribution in [0.5, 0.6) is 11.5 Å². The molecular formula is C24H24F3N3O3. The van der Waals surface area contributed by atoms with E-state index in [0.717, 1.165) is 37.8 Å². The second kappa shape index (κ2) is 8.61. The normalized spacial score (nSPS) is 20.6. The highest BCUT2D eigenvalue weighted by atomic mass is 19.4. The first-order chi connectivity index (χ1) is 15.8. The minimum absolute atomic E-state index is 0.0330. The summed E-state index contributed by atoms with van der Waals surface area (Å²) in [5.74, 6) is 2.03. The Labute approximate surface area is 188 Å². The van der Waals surface area contributed by atoms with Crippen molar-refractivity contribution in [1.29, 1.82) is 0 Å². The number of fused-ring (bicyclic) bond motifs is 2. The van der Waals surface area contributed by atoms with Crippen molar-refractivity contribution >= 4 is 16.9 Å². The number of aromatic amines is 1. The molecule has 0 radical (unpaired) electrons. The van der Waals surface area contributed by atoms with Crippen molar-refractivity contribution in [2.24, 2.45) is 5.92 Å². The van der Waals surface area contributed by atoms with Gasteiger partial charge in [-0.25, -0.2) is 4.98 Å². The van der Waals surface area contributed by atoms with E-state index in [-0.39, 0.29) is 17.9 Å². The van der Waals surface area contributed by atoms with Crippen LogP contribution in [0, 0.1) is 5.92 Å². The van der Waals surface area contributed by atoms with Gasteiger partial charge in [0.2, 0.25) is 0 Å². The first-order valence-electron chi connectivity index (χ1n) is 11.1. The van der Waals surface area contributed by atoms with Crippen LogP contribution in [0.4, 0.5) is 13.2 Å². The Balaban J connectivity index is 1.22. The van der Waals surface area contributed by atoms with Gasteiger partial charge in [-0.15, -0.1) is 0 Å². The lowest BCUT2D eigenvalue weighted by atomic mass is 9.83. The Bertz CT molecular complexity index is 1170. The molecule has 3 aromatic rings. The summed E-state index contributed by atoms with van der Waals surface area (Å²) in [5, 5.41) is 3.12.